The van der Waals surface area contributed by atoms with Crippen LogP contribution in [0.25, 0.3) is 0 Å². The van der Waals surface area contributed by atoms with Gasteiger partial charge in [-0.25, -0.2) is 0 Å². The molecule has 1 amide bonds. The Labute approximate surface area is 144 Å². The summed E-state index contributed by atoms with van der Waals surface area (Å²) in [6, 6.07) is 9.54. The lowest BCUT2D eigenvalue weighted by atomic mass is 10.00. The SMILES string of the molecule is Cc1ccccc1[C@@H](C(=O)NCc1cc(CC(C)C)no1)N(C)C. The molecule has 0 radical (unpaired) electrons. The largest absolute Gasteiger partial charge is 0.359 e. The van der Waals surface area contributed by atoms with E-state index in [1.54, 1.807) is 0 Å². The van der Waals surface area contributed by atoms with Gasteiger partial charge < -0.3 is 9.84 Å². The number of benzene rings is 1. The van der Waals surface area contributed by atoms with E-state index in [1.165, 1.54) is 0 Å². The summed E-state index contributed by atoms with van der Waals surface area (Å²) in [5.41, 5.74) is 3.04. The van der Waals surface area contributed by atoms with Gasteiger partial charge in [-0.05, 0) is 44.5 Å². The number of nitrogens with one attached hydrogen (secondary N) is 1. The molecule has 0 saturated carbocycles. The predicted molar refractivity (Wildman–Crippen MR) is 94.5 cm³/mol. The third-order valence-electron chi connectivity index (χ3n) is 3.91. The van der Waals surface area contributed by atoms with Gasteiger partial charge in [0.05, 0.1) is 12.2 Å². The molecule has 0 aliphatic rings. The van der Waals surface area contributed by atoms with Crippen molar-refractivity contribution in [2.75, 3.05) is 14.1 Å². The van der Waals surface area contributed by atoms with E-state index in [4.69, 9.17) is 4.52 Å². The molecule has 2 aromatic rings. The van der Waals surface area contributed by atoms with Crippen LogP contribution in [-0.2, 0) is 17.8 Å². The number of hydrogen-bond donors (Lipinski definition) is 1. The number of carbonyl (C=O) groups is 1. The minimum absolute atomic E-state index is 0.0453. The number of aromatic nitrogens is 1. The Morgan fingerprint density at radius 1 is 1.29 bits per heavy atom. The highest BCUT2D eigenvalue weighted by atomic mass is 16.5. The maximum atomic E-state index is 12.7. The third kappa shape index (κ3) is 4.68. The average molecular weight is 329 g/mol. The molecule has 5 heteroatoms. The van der Waals surface area contributed by atoms with E-state index in [-0.39, 0.29) is 11.9 Å². The van der Waals surface area contributed by atoms with Gasteiger partial charge in [-0.3, -0.25) is 9.69 Å². The summed E-state index contributed by atoms with van der Waals surface area (Å²) >= 11 is 0. The van der Waals surface area contributed by atoms with Gasteiger partial charge in [0.1, 0.15) is 6.04 Å². The first-order chi connectivity index (χ1) is 11.4. The summed E-state index contributed by atoms with van der Waals surface area (Å²) < 4.78 is 5.31. The van der Waals surface area contributed by atoms with Gasteiger partial charge in [0.15, 0.2) is 5.76 Å². The molecule has 1 atom stereocenters. The lowest BCUT2D eigenvalue weighted by molar-refractivity contribution is -0.126. The second-order valence-electron chi connectivity index (χ2n) is 6.82. The second-order valence-corrected chi connectivity index (χ2v) is 6.82. The average Bonchev–Trinajstić information content (AvgIpc) is 2.94. The molecule has 0 spiro atoms. The van der Waals surface area contributed by atoms with Crippen molar-refractivity contribution >= 4 is 5.91 Å². The molecule has 0 aliphatic carbocycles. The summed E-state index contributed by atoms with van der Waals surface area (Å²) in [4.78, 5) is 14.6. The van der Waals surface area contributed by atoms with Crippen LogP contribution in [0, 0.1) is 12.8 Å². The van der Waals surface area contributed by atoms with Crippen LogP contribution in [0.2, 0.25) is 0 Å². The van der Waals surface area contributed by atoms with Crippen LogP contribution in [0.3, 0.4) is 0 Å². The van der Waals surface area contributed by atoms with Crippen molar-refractivity contribution in [2.24, 2.45) is 5.92 Å². The number of amides is 1. The molecule has 1 heterocycles. The van der Waals surface area contributed by atoms with Gasteiger partial charge >= 0.3 is 0 Å². The summed E-state index contributed by atoms with van der Waals surface area (Å²) in [7, 11) is 3.82. The highest BCUT2D eigenvalue weighted by Crippen LogP contribution is 2.22. The Morgan fingerprint density at radius 2 is 2.00 bits per heavy atom. The van der Waals surface area contributed by atoms with Crippen molar-refractivity contribution in [1.82, 2.24) is 15.4 Å². The number of aryl methyl sites for hydroxylation is 1. The van der Waals surface area contributed by atoms with Gasteiger partial charge in [0, 0.05) is 6.07 Å². The Balaban J connectivity index is 2.04. The maximum absolute atomic E-state index is 12.7. The van der Waals surface area contributed by atoms with E-state index < -0.39 is 0 Å². The fourth-order valence-electron chi connectivity index (χ4n) is 2.77. The van der Waals surface area contributed by atoms with Crippen LogP contribution >= 0.6 is 0 Å². The zero-order valence-electron chi connectivity index (χ0n) is 15.2. The lowest BCUT2D eigenvalue weighted by Gasteiger charge is -2.25. The fraction of sp³-hybridized carbons (Fsp3) is 0.474. The van der Waals surface area contributed by atoms with Crippen molar-refractivity contribution in [3.05, 3.63) is 52.9 Å². The molecular weight excluding hydrogens is 302 g/mol. The van der Waals surface area contributed by atoms with Crippen LogP contribution < -0.4 is 5.32 Å². The normalized spacial score (nSPS) is 12.6. The van der Waals surface area contributed by atoms with E-state index >= 15 is 0 Å². The Bertz CT molecular complexity index is 677. The molecule has 0 fully saturated rings. The first-order valence-corrected chi connectivity index (χ1v) is 8.32. The molecule has 130 valence electrons. The highest BCUT2D eigenvalue weighted by Gasteiger charge is 2.24. The van der Waals surface area contributed by atoms with Gasteiger partial charge in [-0.15, -0.1) is 0 Å². The van der Waals surface area contributed by atoms with E-state index in [1.807, 2.05) is 56.3 Å². The van der Waals surface area contributed by atoms with Crippen molar-refractivity contribution < 1.29 is 9.32 Å². The molecule has 24 heavy (non-hydrogen) atoms. The van der Waals surface area contributed by atoms with Crippen LogP contribution in [-0.4, -0.2) is 30.1 Å². The number of carbonyl (C=O) groups excluding carboxylic acids is 1. The van der Waals surface area contributed by atoms with Crippen molar-refractivity contribution in [2.45, 2.75) is 39.8 Å². The predicted octanol–water partition coefficient (Wildman–Crippen LogP) is 3.10. The van der Waals surface area contributed by atoms with Gasteiger partial charge in [-0.2, -0.15) is 0 Å². The molecule has 1 aromatic carbocycles. The molecule has 5 nitrogen and oxygen atoms in total. The molecule has 2 rings (SSSR count). The zero-order chi connectivity index (χ0) is 17.7. The van der Waals surface area contributed by atoms with E-state index in [0.717, 1.165) is 23.2 Å². The zero-order valence-corrected chi connectivity index (χ0v) is 15.2. The molecule has 0 unspecified atom stereocenters. The third-order valence-corrected chi connectivity index (χ3v) is 3.91. The first-order valence-electron chi connectivity index (χ1n) is 8.32. The van der Waals surface area contributed by atoms with Gasteiger partial charge in [-0.1, -0.05) is 43.3 Å². The highest BCUT2D eigenvalue weighted by molar-refractivity contribution is 5.83. The number of likely N-dealkylation sites (N-methyl/N-ethyl adjacent to an activating group) is 1. The number of nitrogens with zero attached hydrogens (tertiary/aromatic N) is 2. The van der Waals surface area contributed by atoms with E-state index in [9.17, 15) is 4.79 Å². The minimum atomic E-state index is -0.329. The Kier molecular flexibility index (Phi) is 6.15. The van der Waals surface area contributed by atoms with Crippen LogP contribution in [0.4, 0.5) is 0 Å². The summed E-state index contributed by atoms with van der Waals surface area (Å²) in [6.07, 6.45) is 0.876. The molecule has 0 bridgehead atoms. The van der Waals surface area contributed by atoms with Crippen LogP contribution in [0.15, 0.2) is 34.9 Å². The van der Waals surface area contributed by atoms with E-state index in [2.05, 4.69) is 24.3 Å². The summed E-state index contributed by atoms with van der Waals surface area (Å²) in [6.45, 7) is 6.65. The fourth-order valence-corrected chi connectivity index (χ4v) is 2.77. The quantitative estimate of drug-likeness (QED) is 0.848. The molecule has 1 N–H and O–H groups in total. The minimum Gasteiger partial charge on any atom is -0.359 e. The monoisotopic (exact) mass is 329 g/mol. The van der Waals surface area contributed by atoms with Gasteiger partial charge in [0.2, 0.25) is 5.91 Å². The first kappa shape index (κ1) is 18.2. The maximum Gasteiger partial charge on any atom is 0.242 e. The van der Waals surface area contributed by atoms with E-state index in [0.29, 0.717) is 18.2 Å². The van der Waals surface area contributed by atoms with Crippen molar-refractivity contribution in [1.29, 1.82) is 0 Å². The standard InChI is InChI=1S/C19H27N3O2/c1-13(2)10-15-11-16(24-21-15)12-20-19(23)18(22(4)5)17-9-7-6-8-14(17)3/h6-9,11,13,18H,10,12H2,1-5H3,(H,20,23)/t18-/m0/s1. The van der Waals surface area contributed by atoms with Gasteiger partial charge in [0.25, 0.3) is 0 Å². The summed E-state index contributed by atoms with van der Waals surface area (Å²) in [5, 5.41) is 7.01. The van der Waals surface area contributed by atoms with Crippen molar-refractivity contribution in [3.63, 3.8) is 0 Å². The molecular formula is C19H27N3O2. The van der Waals surface area contributed by atoms with Crippen molar-refractivity contribution in [3.8, 4) is 0 Å². The molecule has 0 aliphatic heterocycles. The second kappa shape index (κ2) is 8.11. The topological polar surface area (TPSA) is 58.4 Å². The molecule has 1 aromatic heterocycles. The Morgan fingerprint density at radius 3 is 2.62 bits per heavy atom. The lowest BCUT2D eigenvalue weighted by Crippen LogP contribution is -2.37. The summed E-state index contributed by atoms with van der Waals surface area (Å²) in [5.74, 6) is 1.16. The number of rotatable bonds is 7. The molecule has 0 saturated heterocycles. The van der Waals surface area contributed by atoms with Crippen LogP contribution in [0.1, 0.15) is 42.5 Å². The van der Waals surface area contributed by atoms with Crippen LogP contribution in [0.5, 0.6) is 0 Å². The smallest absolute Gasteiger partial charge is 0.242 e. The number of hydrogen-bond acceptors (Lipinski definition) is 4. The Hall–Kier alpha value is -2.14.